The lowest BCUT2D eigenvalue weighted by Crippen LogP contribution is -2.56. The Hall–Kier alpha value is -1.27. The number of hydrogen-bond acceptors (Lipinski definition) is 2. The fraction of sp³-hybridized carbons (Fsp3) is 0.571. The van der Waals surface area contributed by atoms with Gasteiger partial charge in [0.15, 0.2) is 5.11 Å². The predicted molar refractivity (Wildman–Crippen MR) is 161 cm³/mol. The maximum absolute atomic E-state index is 12.5. The van der Waals surface area contributed by atoms with Crippen molar-refractivity contribution in [2.45, 2.75) is 100 Å². The van der Waals surface area contributed by atoms with Crippen molar-refractivity contribution in [2.75, 3.05) is 5.32 Å². The molecule has 0 radical (unpaired) electrons. The van der Waals surface area contributed by atoms with Crippen LogP contribution in [0.3, 0.4) is 0 Å². The largest absolute Gasteiger partial charge is 0.339 e. The van der Waals surface area contributed by atoms with Crippen molar-refractivity contribution in [1.29, 1.82) is 0 Å². The van der Waals surface area contributed by atoms with Crippen LogP contribution in [-0.4, -0.2) is 21.0 Å². The lowest BCUT2D eigenvalue weighted by Gasteiger charge is -2.28. The summed E-state index contributed by atoms with van der Waals surface area (Å²) in [6, 6.07) is 13.9. The second kappa shape index (κ2) is 17.3. The number of hydrogen-bond donors (Lipinski definition) is 3. The van der Waals surface area contributed by atoms with E-state index in [4.69, 9.17) is 47.0 Å². The molecule has 2 aromatic rings. The average molecular weight is 573 g/mol. The molecule has 0 aliphatic rings. The van der Waals surface area contributed by atoms with Crippen LogP contribution in [0.1, 0.15) is 90.4 Å². The van der Waals surface area contributed by atoms with Crippen molar-refractivity contribution < 1.29 is 4.79 Å². The molecule has 0 saturated carbocycles. The summed E-state index contributed by atoms with van der Waals surface area (Å²) in [5, 5.41) is 11.2. The number of carbonyl (C=O) groups excluding carboxylic acids is 1. The third-order valence-corrected chi connectivity index (χ3v) is 7.08. The van der Waals surface area contributed by atoms with Gasteiger partial charge >= 0.3 is 0 Å². The summed E-state index contributed by atoms with van der Waals surface area (Å²) < 4.78 is -1.77. The number of fused-ring (bicyclic) bond motifs is 1. The van der Waals surface area contributed by atoms with Gasteiger partial charge in [0.1, 0.15) is 6.17 Å². The zero-order chi connectivity index (χ0) is 26.2. The SMILES string of the molecule is CCCCCCCCCCCCCCC(=O)N[C@H](NC(=S)Nc1cccc2ccccc12)C(Cl)(Cl)Cl. The van der Waals surface area contributed by atoms with Gasteiger partial charge in [-0.25, -0.2) is 0 Å². The number of rotatable bonds is 16. The summed E-state index contributed by atoms with van der Waals surface area (Å²) in [4.78, 5) is 12.5. The Morgan fingerprint density at radius 1 is 0.806 bits per heavy atom. The molecule has 0 fully saturated rings. The number of thiocarbonyl (C=S) groups is 1. The quantitative estimate of drug-likeness (QED) is 0.0813. The second-order valence-electron chi connectivity index (χ2n) is 9.31. The number of alkyl halides is 3. The summed E-state index contributed by atoms with van der Waals surface area (Å²) in [6.07, 6.45) is 14.3. The Morgan fingerprint density at radius 3 is 1.97 bits per heavy atom. The zero-order valence-corrected chi connectivity index (χ0v) is 24.3. The maximum Gasteiger partial charge on any atom is 0.228 e. The number of nitrogens with one attached hydrogen (secondary N) is 3. The van der Waals surface area contributed by atoms with E-state index in [2.05, 4.69) is 22.9 Å². The minimum Gasteiger partial charge on any atom is -0.339 e. The van der Waals surface area contributed by atoms with E-state index < -0.39 is 9.96 Å². The molecule has 0 aromatic heterocycles. The first-order valence-corrected chi connectivity index (χ1v) is 14.8. The number of amides is 1. The van der Waals surface area contributed by atoms with E-state index >= 15 is 0 Å². The number of unbranched alkanes of at least 4 members (excludes halogenated alkanes) is 11. The summed E-state index contributed by atoms with van der Waals surface area (Å²) in [7, 11) is 0. The van der Waals surface area contributed by atoms with Gasteiger partial charge in [-0.15, -0.1) is 0 Å². The van der Waals surface area contributed by atoms with Crippen LogP contribution < -0.4 is 16.0 Å². The van der Waals surface area contributed by atoms with E-state index in [0.29, 0.717) is 6.42 Å². The van der Waals surface area contributed by atoms with Crippen molar-refractivity contribution in [2.24, 2.45) is 0 Å². The molecule has 0 bridgehead atoms. The lowest BCUT2D eigenvalue weighted by molar-refractivity contribution is -0.122. The Morgan fingerprint density at radius 2 is 1.36 bits per heavy atom. The molecule has 36 heavy (non-hydrogen) atoms. The number of carbonyl (C=O) groups is 1. The Labute approximate surface area is 237 Å². The van der Waals surface area contributed by atoms with Gasteiger partial charge in [-0.3, -0.25) is 4.79 Å². The summed E-state index contributed by atoms with van der Waals surface area (Å²) >= 11 is 23.8. The highest BCUT2D eigenvalue weighted by Gasteiger charge is 2.34. The third kappa shape index (κ3) is 12.3. The van der Waals surface area contributed by atoms with Gasteiger partial charge in [0.25, 0.3) is 0 Å². The number of benzene rings is 2. The van der Waals surface area contributed by atoms with Crippen LogP contribution in [0, 0.1) is 0 Å². The minimum atomic E-state index is -1.77. The van der Waals surface area contributed by atoms with Crippen molar-refractivity contribution in [3.8, 4) is 0 Å². The first-order valence-electron chi connectivity index (χ1n) is 13.2. The maximum atomic E-state index is 12.5. The molecule has 0 heterocycles. The van der Waals surface area contributed by atoms with Crippen molar-refractivity contribution >= 4 is 74.5 Å². The molecule has 1 atom stereocenters. The molecule has 0 aliphatic carbocycles. The monoisotopic (exact) mass is 571 g/mol. The molecule has 200 valence electrons. The van der Waals surface area contributed by atoms with Crippen LogP contribution in [0.5, 0.6) is 0 Å². The van der Waals surface area contributed by atoms with Crippen LogP contribution in [0.25, 0.3) is 10.8 Å². The average Bonchev–Trinajstić information content (AvgIpc) is 2.84. The van der Waals surface area contributed by atoms with Gasteiger partial charge in [-0.1, -0.05) is 149 Å². The minimum absolute atomic E-state index is 0.168. The van der Waals surface area contributed by atoms with E-state index in [1.54, 1.807) is 0 Å². The Kier molecular flexibility index (Phi) is 14.9. The van der Waals surface area contributed by atoms with E-state index in [1.807, 2.05) is 42.5 Å². The van der Waals surface area contributed by atoms with Gasteiger partial charge in [0.05, 0.1) is 0 Å². The fourth-order valence-electron chi connectivity index (χ4n) is 4.18. The van der Waals surface area contributed by atoms with Crippen molar-refractivity contribution in [3.05, 3.63) is 42.5 Å². The number of halogens is 3. The highest BCUT2D eigenvalue weighted by Crippen LogP contribution is 2.29. The molecule has 4 nitrogen and oxygen atoms in total. The summed E-state index contributed by atoms with van der Waals surface area (Å²) in [6.45, 7) is 2.25. The molecule has 2 rings (SSSR count). The van der Waals surface area contributed by atoms with E-state index in [9.17, 15) is 4.79 Å². The summed E-state index contributed by atoms with van der Waals surface area (Å²) in [5.41, 5.74) is 0.830. The summed E-state index contributed by atoms with van der Waals surface area (Å²) in [5.74, 6) is -0.168. The molecule has 2 aromatic carbocycles. The van der Waals surface area contributed by atoms with E-state index in [0.717, 1.165) is 35.7 Å². The molecule has 0 spiro atoms. The predicted octanol–water partition coefficient (Wildman–Crippen LogP) is 9.03. The molecular formula is C28H40Cl3N3OS. The smallest absolute Gasteiger partial charge is 0.228 e. The van der Waals surface area contributed by atoms with Gasteiger partial charge in [0, 0.05) is 17.5 Å². The topological polar surface area (TPSA) is 53.2 Å². The van der Waals surface area contributed by atoms with Gasteiger partial charge in [0.2, 0.25) is 9.70 Å². The van der Waals surface area contributed by atoms with E-state index in [1.165, 1.54) is 57.8 Å². The van der Waals surface area contributed by atoms with Crippen LogP contribution in [0.15, 0.2) is 42.5 Å². The normalized spacial score (nSPS) is 12.3. The van der Waals surface area contributed by atoms with Gasteiger partial charge < -0.3 is 16.0 Å². The van der Waals surface area contributed by atoms with Crippen molar-refractivity contribution in [1.82, 2.24) is 10.6 Å². The first-order chi connectivity index (χ1) is 17.3. The molecule has 3 N–H and O–H groups in total. The molecule has 0 saturated heterocycles. The zero-order valence-electron chi connectivity index (χ0n) is 21.3. The molecule has 0 aliphatic heterocycles. The highest BCUT2D eigenvalue weighted by molar-refractivity contribution is 7.80. The van der Waals surface area contributed by atoms with Crippen molar-refractivity contribution in [3.63, 3.8) is 0 Å². The molecule has 0 unspecified atom stereocenters. The van der Waals surface area contributed by atoms with Crippen LogP contribution >= 0.6 is 47.0 Å². The van der Waals surface area contributed by atoms with Crippen LogP contribution in [0.2, 0.25) is 0 Å². The van der Waals surface area contributed by atoms with E-state index in [-0.39, 0.29) is 11.0 Å². The van der Waals surface area contributed by atoms with Crippen LogP contribution in [0.4, 0.5) is 5.69 Å². The highest BCUT2D eigenvalue weighted by atomic mass is 35.6. The first kappa shape index (κ1) is 31.0. The molecule has 8 heteroatoms. The van der Waals surface area contributed by atoms with Gasteiger partial charge in [-0.05, 0) is 30.1 Å². The third-order valence-electron chi connectivity index (χ3n) is 6.20. The lowest BCUT2D eigenvalue weighted by atomic mass is 10.0. The fourth-order valence-corrected chi connectivity index (χ4v) is 4.74. The molecule has 1 amide bonds. The molecular weight excluding hydrogens is 533 g/mol. The van der Waals surface area contributed by atoms with Gasteiger partial charge in [-0.2, -0.15) is 0 Å². The Bertz CT molecular complexity index is 930. The number of anilines is 1. The van der Waals surface area contributed by atoms with Crippen LogP contribution in [-0.2, 0) is 4.79 Å². The second-order valence-corrected chi connectivity index (χ2v) is 12.1. The standard InChI is InChI=1S/C28H40Cl3N3OS/c1-2-3-4-5-6-7-8-9-10-11-12-13-21-25(35)33-26(28(29,30)31)34-27(36)32-24-20-16-18-22-17-14-15-19-23(22)24/h14-20,26H,2-13,21H2,1H3,(H,33,35)(H2,32,34,36)/t26-/m1/s1. The Balaban J connectivity index is 1.67.